The highest BCUT2D eigenvalue weighted by atomic mass is 16.6. The fourth-order valence-electron chi connectivity index (χ4n) is 7.63. The highest BCUT2D eigenvalue weighted by Gasteiger charge is 2.37. The number of rotatable bonds is 31. The van der Waals surface area contributed by atoms with E-state index in [9.17, 15) is 28.8 Å². The molecule has 16 nitrogen and oxygen atoms in total. The number of ether oxygens (including phenoxy) is 10. The summed E-state index contributed by atoms with van der Waals surface area (Å²) in [7, 11) is 5.48. The molecule has 16 heteroatoms. The average molecular weight is 1020 g/mol. The minimum atomic E-state index is -0.739. The van der Waals surface area contributed by atoms with Crippen LogP contribution in [0.5, 0.6) is 34.5 Å². The van der Waals surface area contributed by atoms with Crippen molar-refractivity contribution in [3.63, 3.8) is 0 Å². The third kappa shape index (κ3) is 18.8. The lowest BCUT2D eigenvalue weighted by atomic mass is 9.76. The monoisotopic (exact) mass is 1020 g/mol. The molecule has 0 saturated carbocycles. The highest BCUT2D eigenvalue weighted by Crippen LogP contribution is 2.37. The highest BCUT2D eigenvalue weighted by molar-refractivity contribution is 5.92. The van der Waals surface area contributed by atoms with Crippen molar-refractivity contribution >= 4 is 48.0 Å². The summed E-state index contributed by atoms with van der Waals surface area (Å²) in [4.78, 5) is 75.3. The molecule has 0 amide bonds. The number of unbranched alkanes of at least 4 members (excludes halogenated alkanes) is 3. The van der Waals surface area contributed by atoms with Gasteiger partial charge in [-0.25, -0.2) is 19.2 Å². The lowest BCUT2D eigenvalue weighted by Crippen LogP contribution is -2.33. The van der Waals surface area contributed by atoms with Crippen LogP contribution in [0.1, 0.15) is 124 Å². The second kappa shape index (κ2) is 30.4. The van der Waals surface area contributed by atoms with Gasteiger partial charge in [-0.15, -0.1) is 0 Å². The lowest BCUT2D eigenvalue weighted by molar-refractivity contribution is -0.157. The van der Waals surface area contributed by atoms with E-state index in [0.29, 0.717) is 85.0 Å². The van der Waals surface area contributed by atoms with Gasteiger partial charge >= 0.3 is 35.8 Å². The molecule has 0 heterocycles. The summed E-state index contributed by atoms with van der Waals surface area (Å²) in [6.07, 6.45) is 12.7. The summed E-state index contributed by atoms with van der Waals surface area (Å²) in [5.74, 6) is -0.568. The normalized spacial score (nSPS) is 12.7. The molecular formula is C58H70O16. The fourth-order valence-corrected chi connectivity index (χ4v) is 7.63. The Morgan fingerprint density at radius 3 is 1.38 bits per heavy atom. The van der Waals surface area contributed by atoms with E-state index in [1.54, 1.807) is 97.1 Å². The van der Waals surface area contributed by atoms with Crippen LogP contribution in [0.25, 0.3) is 12.2 Å². The summed E-state index contributed by atoms with van der Waals surface area (Å²) in [5.41, 5.74) is 0.496. The van der Waals surface area contributed by atoms with Gasteiger partial charge in [-0.2, -0.15) is 0 Å². The molecule has 4 aromatic carbocycles. The van der Waals surface area contributed by atoms with Crippen molar-refractivity contribution in [2.24, 2.45) is 10.8 Å². The van der Waals surface area contributed by atoms with Crippen LogP contribution in [0.4, 0.5) is 0 Å². The zero-order chi connectivity index (χ0) is 53.9. The zero-order valence-corrected chi connectivity index (χ0v) is 43.8. The maximum Gasteiger partial charge on any atom is 0.343 e. The second-order valence-electron chi connectivity index (χ2n) is 17.8. The molecule has 0 fully saturated rings. The molecule has 2 atom stereocenters. The number of benzene rings is 4. The van der Waals surface area contributed by atoms with E-state index in [1.165, 1.54) is 40.6 Å². The molecule has 0 aliphatic carbocycles. The molecule has 0 spiro atoms. The van der Waals surface area contributed by atoms with Gasteiger partial charge in [0.15, 0.2) is 23.0 Å². The minimum absolute atomic E-state index is 0.0309. The number of hydrogen-bond acceptors (Lipinski definition) is 16. The van der Waals surface area contributed by atoms with E-state index in [-0.39, 0.29) is 42.2 Å². The van der Waals surface area contributed by atoms with Crippen molar-refractivity contribution in [1.29, 1.82) is 0 Å². The predicted molar refractivity (Wildman–Crippen MR) is 278 cm³/mol. The summed E-state index contributed by atoms with van der Waals surface area (Å²) in [6.45, 7) is 8.75. The molecule has 2 unspecified atom stereocenters. The third-order valence-electron chi connectivity index (χ3n) is 12.3. The molecule has 4 aromatic rings. The smallest absolute Gasteiger partial charge is 0.343 e. The van der Waals surface area contributed by atoms with E-state index in [0.717, 1.165) is 32.1 Å². The predicted octanol–water partition coefficient (Wildman–Crippen LogP) is 11.0. The minimum Gasteiger partial charge on any atom is -0.494 e. The first-order valence-electron chi connectivity index (χ1n) is 24.7. The number of esters is 6. The van der Waals surface area contributed by atoms with Gasteiger partial charge in [0.1, 0.15) is 24.7 Å². The van der Waals surface area contributed by atoms with Gasteiger partial charge in [0.25, 0.3) is 0 Å². The van der Waals surface area contributed by atoms with Crippen LogP contribution in [-0.2, 0) is 38.1 Å². The van der Waals surface area contributed by atoms with Crippen molar-refractivity contribution in [2.75, 3.05) is 54.9 Å². The summed E-state index contributed by atoms with van der Waals surface area (Å²) >= 11 is 0. The topological polar surface area (TPSA) is 195 Å². The van der Waals surface area contributed by atoms with Gasteiger partial charge in [-0.1, -0.05) is 38.8 Å². The van der Waals surface area contributed by atoms with Crippen LogP contribution < -0.4 is 28.4 Å². The van der Waals surface area contributed by atoms with Gasteiger partial charge in [-0.3, -0.25) is 9.59 Å². The lowest BCUT2D eigenvalue weighted by Gasteiger charge is -2.30. The van der Waals surface area contributed by atoms with Crippen molar-refractivity contribution in [3.8, 4) is 34.5 Å². The van der Waals surface area contributed by atoms with Crippen LogP contribution in [0, 0.1) is 10.8 Å². The Balaban J connectivity index is 1.11. The van der Waals surface area contributed by atoms with Crippen LogP contribution >= 0.6 is 0 Å². The molecule has 0 aliphatic heterocycles. The summed E-state index contributed by atoms with van der Waals surface area (Å²) < 4.78 is 54.2. The molecule has 0 radical (unpaired) electrons. The van der Waals surface area contributed by atoms with Crippen LogP contribution in [-0.4, -0.2) is 90.7 Å². The Hall–Kier alpha value is -7.62. The van der Waals surface area contributed by atoms with Crippen molar-refractivity contribution < 1.29 is 76.1 Å². The first-order chi connectivity index (χ1) is 35.6. The molecule has 0 bridgehead atoms. The summed E-state index contributed by atoms with van der Waals surface area (Å²) in [5, 5.41) is 0. The van der Waals surface area contributed by atoms with Crippen LogP contribution in [0.15, 0.2) is 97.1 Å². The molecule has 0 aliphatic rings. The maximum absolute atomic E-state index is 13.4. The van der Waals surface area contributed by atoms with Crippen molar-refractivity contribution in [2.45, 2.75) is 91.9 Å². The first kappa shape index (κ1) is 58.9. The molecule has 398 valence electrons. The molecule has 0 aromatic heterocycles. The van der Waals surface area contributed by atoms with Crippen molar-refractivity contribution in [1.82, 2.24) is 0 Å². The second-order valence-corrected chi connectivity index (χ2v) is 17.8. The molecular weight excluding hydrogens is 953 g/mol. The van der Waals surface area contributed by atoms with Crippen molar-refractivity contribution in [3.05, 3.63) is 119 Å². The Kier molecular flexibility index (Phi) is 24.2. The molecule has 4 rings (SSSR count). The van der Waals surface area contributed by atoms with Crippen LogP contribution in [0.3, 0.4) is 0 Å². The molecule has 0 N–H and O–H groups in total. The van der Waals surface area contributed by atoms with Gasteiger partial charge in [0, 0.05) is 12.2 Å². The van der Waals surface area contributed by atoms with Gasteiger partial charge in [0.2, 0.25) is 0 Å². The van der Waals surface area contributed by atoms with Gasteiger partial charge < -0.3 is 47.4 Å². The first-order valence-corrected chi connectivity index (χ1v) is 24.7. The maximum atomic E-state index is 13.4. The number of carbonyl (C=O) groups excluding carboxylic acids is 6. The quantitative estimate of drug-likeness (QED) is 0.0152. The Bertz CT molecular complexity index is 2530. The molecule has 74 heavy (non-hydrogen) atoms. The standard InChI is InChI=1S/C58H70O16/c1-9-32-58(4,56(64)72-38-37-70-46-26-22-44(23-27-46)54(62)74-48-29-17-42(40-50(48)66-6)19-31-52(60)68-8)34-15-33-57(3,10-2)55(63)71-36-14-12-11-13-35-69-45-24-20-43(21-25-45)53(61)73-47-28-16-41(39-49(47)65-5)18-30-51(59)67-7/h16-31,39-40H,9-15,32-38H2,1-8H3/b30-18+,31-19+. The Labute approximate surface area is 434 Å². The van der Waals surface area contributed by atoms with E-state index in [2.05, 4.69) is 9.47 Å². The Morgan fingerprint density at radius 1 is 0.473 bits per heavy atom. The third-order valence-corrected chi connectivity index (χ3v) is 12.3. The number of hydrogen-bond donors (Lipinski definition) is 0. The number of methoxy groups -OCH3 is 4. The van der Waals surface area contributed by atoms with E-state index in [4.69, 9.17) is 37.9 Å². The molecule has 0 saturated heterocycles. The summed E-state index contributed by atoms with van der Waals surface area (Å²) in [6, 6.07) is 22.8. The average Bonchev–Trinajstić information content (AvgIpc) is 3.41. The van der Waals surface area contributed by atoms with E-state index >= 15 is 0 Å². The number of carbonyl (C=O) groups is 6. The SMILES string of the molecule is CCCC(C)(CCCC(C)(CC)C(=O)OCCCCCCOc1ccc(C(=O)Oc2ccc(/C=C/C(=O)OC)cc2OC)cc1)C(=O)OCCOc1ccc(C(=O)Oc2ccc(/C=C/C(=O)OC)cc2OC)cc1. The Morgan fingerprint density at radius 2 is 0.919 bits per heavy atom. The van der Waals surface area contributed by atoms with Crippen LogP contribution in [0.2, 0.25) is 0 Å². The van der Waals surface area contributed by atoms with Gasteiger partial charge in [-0.05, 0) is 161 Å². The fraction of sp³-hybridized carbons (Fsp3) is 0.414. The van der Waals surface area contributed by atoms with Gasteiger partial charge in [0.05, 0.1) is 63.6 Å². The van der Waals surface area contributed by atoms with E-state index in [1.807, 2.05) is 27.7 Å². The van der Waals surface area contributed by atoms with E-state index < -0.39 is 34.7 Å². The largest absolute Gasteiger partial charge is 0.494 e. The zero-order valence-electron chi connectivity index (χ0n) is 43.8.